The molecule has 0 aromatic heterocycles. The molecule has 0 unspecified atom stereocenters. The third-order valence-corrected chi connectivity index (χ3v) is 8.06. The molecule has 0 aliphatic carbocycles. The van der Waals surface area contributed by atoms with Crippen molar-refractivity contribution < 1.29 is 16.8 Å². The Balaban J connectivity index is 1.83. The molecule has 0 amide bonds. The quantitative estimate of drug-likeness (QED) is 0.797. The third kappa shape index (κ3) is 4.34. The van der Waals surface area contributed by atoms with Crippen LogP contribution in [0.3, 0.4) is 0 Å². The van der Waals surface area contributed by atoms with Crippen LogP contribution >= 0.6 is 0 Å². The van der Waals surface area contributed by atoms with Crippen LogP contribution in [0.25, 0.3) is 0 Å². The van der Waals surface area contributed by atoms with E-state index in [9.17, 15) is 16.8 Å². The first-order chi connectivity index (χ1) is 12.7. The molecule has 2 aromatic rings. The van der Waals surface area contributed by atoms with Crippen molar-refractivity contribution in [3.05, 3.63) is 59.2 Å². The first kappa shape index (κ1) is 19.9. The zero-order valence-electron chi connectivity index (χ0n) is 15.5. The third-order valence-electron chi connectivity index (χ3n) is 4.84. The van der Waals surface area contributed by atoms with Crippen molar-refractivity contribution in [3.63, 3.8) is 0 Å². The number of hydrogen-bond acceptors (Lipinski definition) is 4. The summed E-state index contributed by atoms with van der Waals surface area (Å²) in [6.45, 7) is 4.36. The van der Waals surface area contributed by atoms with Gasteiger partial charge in [-0.2, -0.15) is 4.31 Å². The second-order valence-corrected chi connectivity index (χ2v) is 10.5. The van der Waals surface area contributed by atoms with Crippen molar-refractivity contribution in [3.8, 4) is 0 Å². The maximum absolute atomic E-state index is 12.6. The summed E-state index contributed by atoms with van der Waals surface area (Å²) < 4.78 is 53.6. The number of sulfonamides is 2. The van der Waals surface area contributed by atoms with Gasteiger partial charge in [0.2, 0.25) is 10.0 Å². The molecule has 0 saturated heterocycles. The van der Waals surface area contributed by atoms with E-state index in [1.54, 1.807) is 43.3 Å². The van der Waals surface area contributed by atoms with E-state index in [-0.39, 0.29) is 17.2 Å². The second kappa shape index (κ2) is 7.61. The van der Waals surface area contributed by atoms with Crippen molar-refractivity contribution in [2.45, 2.75) is 38.1 Å². The Kier molecular flexibility index (Phi) is 5.60. The number of aryl methyl sites for hydroxylation is 1. The minimum absolute atomic E-state index is 0.0579. The Morgan fingerprint density at radius 2 is 1.67 bits per heavy atom. The SMILES string of the molecule is CCc1ccc(S(=O)(=O)Nc2ccc3c(c2)CN(S(=O)(=O)CC)CC3)cc1. The summed E-state index contributed by atoms with van der Waals surface area (Å²) in [7, 11) is -6.96. The minimum atomic E-state index is -3.69. The van der Waals surface area contributed by atoms with Crippen molar-refractivity contribution in [1.29, 1.82) is 0 Å². The predicted octanol–water partition coefficient (Wildman–Crippen LogP) is 2.76. The molecule has 8 heteroatoms. The normalized spacial score (nSPS) is 15.3. The largest absolute Gasteiger partial charge is 0.280 e. The van der Waals surface area contributed by atoms with E-state index in [1.807, 2.05) is 13.0 Å². The second-order valence-electron chi connectivity index (χ2n) is 6.57. The molecule has 27 heavy (non-hydrogen) atoms. The summed E-state index contributed by atoms with van der Waals surface area (Å²) in [5.74, 6) is 0.0579. The first-order valence-corrected chi connectivity index (χ1v) is 12.1. The summed E-state index contributed by atoms with van der Waals surface area (Å²) in [6.07, 6.45) is 1.47. The number of nitrogens with one attached hydrogen (secondary N) is 1. The Bertz CT molecular complexity index is 1030. The standard InChI is InChI=1S/C19H24N2O4S2/c1-3-15-5-9-19(10-6-15)27(24,25)20-18-8-7-16-11-12-21(14-17(16)13-18)26(22,23)4-2/h5-10,13,20H,3-4,11-12,14H2,1-2H3. The van der Waals surface area contributed by atoms with Crippen LogP contribution in [0, 0.1) is 0 Å². The Labute approximate surface area is 161 Å². The lowest BCUT2D eigenvalue weighted by Crippen LogP contribution is -2.36. The molecule has 0 fully saturated rings. The highest BCUT2D eigenvalue weighted by atomic mass is 32.2. The molecule has 1 heterocycles. The average molecular weight is 409 g/mol. The zero-order valence-corrected chi connectivity index (χ0v) is 17.1. The molecule has 0 saturated carbocycles. The highest BCUT2D eigenvalue weighted by molar-refractivity contribution is 7.92. The van der Waals surface area contributed by atoms with Crippen molar-refractivity contribution in [1.82, 2.24) is 4.31 Å². The lowest BCUT2D eigenvalue weighted by atomic mass is 10.0. The molecule has 1 N–H and O–H groups in total. The molecule has 2 aromatic carbocycles. The van der Waals surface area contributed by atoms with Crippen LogP contribution < -0.4 is 4.72 Å². The number of hydrogen-bond donors (Lipinski definition) is 1. The smallest absolute Gasteiger partial charge is 0.261 e. The first-order valence-electron chi connectivity index (χ1n) is 8.96. The minimum Gasteiger partial charge on any atom is -0.280 e. The van der Waals surface area contributed by atoms with Gasteiger partial charge in [-0.05, 0) is 60.7 Å². The van der Waals surface area contributed by atoms with E-state index >= 15 is 0 Å². The number of nitrogens with zero attached hydrogens (tertiary/aromatic N) is 1. The van der Waals surface area contributed by atoms with Gasteiger partial charge >= 0.3 is 0 Å². The molecule has 0 bridgehead atoms. The molecule has 0 spiro atoms. The molecular formula is C19H24N2O4S2. The fraction of sp³-hybridized carbons (Fsp3) is 0.368. The summed E-state index contributed by atoms with van der Waals surface area (Å²) >= 11 is 0. The highest BCUT2D eigenvalue weighted by Crippen LogP contribution is 2.26. The number of anilines is 1. The lowest BCUT2D eigenvalue weighted by Gasteiger charge is -2.28. The van der Waals surface area contributed by atoms with Gasteiger partial charge in [-0.15, -0.1) is 0 Å². The Morgan fingerprint density at radius 1 is 0.963 bits per heavy atom. The van der Waals surface area contributed by atoms with Crippen LogP contribution in [0.4, 0.5) is 5.69 Å². The van der Waals surface area contributed by atoms with Crippen molar-refractivity contribution >= 4 is 25.7 Å². The lowest BCUT2D eigenvalue weighted by molar-refractivity contribution is 0.392. The maximum Gasteiger partial charge on any atom is 0.261 e. The van der Waals surface area contributed by atoms with Gasteiger partial charge in [-0.1, -0.05) is 25.1 Å². The van der Waals surface area contributed by atoms with E-state index in [0.29, 0.717) is 18.7 Å². The molecular weight excluding hydrogens is 384 g/mol. The van der Waals surface area contributed by atoms with Gasteiger partial charge in [0.15, 0.2) is 0 Å². The summed E-state index contributed by atoms with van der Waals surface area (Å²) in [6, 6.07) is 12.1. The number of rotatable bonds is 6. The van der Waals surface area contributed by atoms with Crippen LogP contribution in [0.1, 0.15) is 30.5 Å². The van der Waals surface area contributed by atoms with Gasteiger partial charge in [0, 0.05) is 18.8 Å². The fourth-order valence-electron chi connectivity index (χ4n) is 3.13. The predicted molar refractivity (Wildman–Crippen MR) is 107 cm³/mol. The van der Waals surface area contributed by atoms with Crippen LogP contribution in [-0.2, 0) is 39.4 Å². The van der Waals surface area contributed by atoms with Crippen LogP contribution in [0.5, 0.6) is 0 Å². The molecule has 3 rings (SSSR count). The highest BCUT2D eigenvalue weighted by Gasteiger charge is 2.25. The summed E-state index contributed by atoms with van der Waals surface area (Å²) in [5, 5.41) is 0. The summed E-state index contributed by atoms with van der Waals surface area (Å²) in [5.41, 5.74) is 3.39. The zero-order chi connectivity index (χ0) is 19.7. The number of fused-ring (bicyclic) bond motifs is 1. The average Bonchev–Trinajstić information content (AvgIpc) is 2.67. The fourth-order valence-corrected chi connectivity index (χ4v) is 5.25. The molecule has 146 valence electrons. The van der Waals surface area contributed by atoms with Crippen LogP contribution in [-0.4, -0.2) is 33.4 Å². The van der Waals surface area contributed by atoms with E-state index < -0.39 is 20.0 Å². The monoisotopic (exact) mass is 408 g/mol. The molecule has 0 atom stereocenters. The van der Waals surface area contributed by atoms with Gasteiger partial charge in [-0.25, -0.2) is 16.8 Å². The topological polar surface area (TPSA) is 83.6 Å². The van der Waals surface area contributed by atoms with E-state index in [4.69, 9.17) is 0 Å². The van der Waals surface area contributed by atoms with Crippen molar-refractivity contribution in [2.75, 3.05) is 17.0 Å². The van der Waals surface area contributed by atoms with Gasteiger partial charge in [0.25, 0.3) is 10.0 Å². The van der Waals surface area contributed by atoms with Gasteiger partial charge in [0.05, 0.1) is 10.6 Å². The molecule has 6 nitrogen and oxygen atoms in total. The molecule has 1 aliphatic rings. The van der Waals surface area contributed by atoms with E-state index in [0.717, 1.165) is 23.1 Å². The van der Waals surface area contributed by atoms with Gasteiger partial charge in [-0.3, -0.25) is 4.72 Å². The van der Waals surface area contributed by atoms with E-state index in [2.05, 4.69) is 4.72 Å². The van der Waals surface area contributed by atoms with Gasteiger partial charge in [0.1, 0.15) is 0 Å². The van der Waals surface area contributed by atoms with Crippen molar-refractivity contribution in [2.24, 2.45) is 0 Å². The van der Waals surface area contributed by atoms with Crippen LogP contribution in [0.2, 0.25) is 0 Å². The van der Waals surface area contributed by atoms with Crippen LogP contribution in [0.15, 0.2) is 47.4 Å². The number of benzene rings is 2. The van der Waals surface area contributed by atoms with E-state index in [1.165, 1.54) is 4.31 Å². The molecule has 0 radical (unpaired) electrons. The Hall–Kier alpha value is -1.90. The Morgan fingerprint density at radius 3 is 2.30 bits per heavy atom. The maximum atomic E-state index is 12.6. The van der Waals surface area contributed by atoms with Gasteiger partial charge < -0.3 is 0 Å². The summed E-state index contributed by atoms with van der Waals surface area (Å²) in [4.78, 5) is 0.201. The molecule has 1 aliphatic heterocycles.